The van der Waals surface area contributed by atoms with Gasteiger partial charge in [0, 0.05) is 6.04 Å². The highest BCUT2D eigenvalue weighted by Gasteiger charge is 2.18. The Morgan fingerprint density at radius 2 is 2.16 bits per heavy atom. The minimum Gasteiger partial charge on any atom is -0.484 e. The number of nitrogens with zero attached hydrogens (tertiary/aromatic N) is 1. The zero-order valence-electron chi connectivity index (χ0n) is 11.7. The lowest BCUT2D eigenvalue weighted by atomic mass is 10.1. The molecule has 1 N–H and O–H groups in total. The zero-order valence-corrected chi connectivity index (χ0v) is 11.7. The highest BCUT2D eigenvalue weighted by Crippen LogP contribution is 2.12. The van der Waals surface area contributed by atoms with Gasteiger partial charge in [-0.3, -0.25) is 4.79 Å². The normalized spacial score (nSPS) is 17.2. The first-order valence-electron chi connectivity index (χ1n) is 6.81. The molecule has 1 aliphatic rings. The van der Waals surface area contributed by atoms with E-state index in [0.29, 0.717) is 6.04 Å². The summed E-state index contributed by atoms with van der Waals surface area (Å²) in [6.07, 6.45) is 2.04. The first-order chi connectivity index (χ1) is 9.13. The van der Waals surface area contributed by atoms with Crippen molar-refractivity contribution >= 4 is 5.91 Å². The van der Waals surface area contributed by atoms with Crippen LogP contribution in [0, 0.1) is 6.92 Å². The fraction of sp³-hybridized carbons (Fsp3) is 0.533. The van der Waals surface area contributed by atoms with Crippen LogP contribution in [0.2, 0.25) is 0 Å². The number of ether oxygens (including phenoxy) is 1. The summed E-state index contributed by atoms with van der Waals surface area (Å²) in [5.74, 6) is 0.717. The molecule has 19 heavy (non-hydrogen) atoms. The molecule has 0 saturated carbocycles. The molecule has 0 spiro atoms. The smallest absolute Gasteiger partial charge is 0.258 e. The molecule has 0 aliphatic carbocycles. The lowest BCUT2D eigenvalue weighted by molar-refractivity contribution is -0.124. The molecule has 0 unspecified atom stereocenters. The van der Waals surface area contributed by atoms with Crippen LogP contribution in [-0.2, 0) is 4.79 Å². The Labute approximate surface area is 114 Å². The monoisotopic (exact) mass is 262 g/mol. The van der Waals surface area contributed by atoms with Crippen LogP contribution in [0.15, 0.2) is 24.3 Å². The van der Waals surface area contributed by atoms with Crippen molar-refractivity contribution in [3.8, 4) is 5.75 Å². The standard InChI is InChI=1S/C15H22N2O2/c1-12-4-3-5-14(10-12)19-11-15(18)16-13-6-8-17(2)9-7-13/h3-5,10,13H,6-9,11H2,1-2H3,(H,16,18). The Balaban J connectivity index is 1.73. The zero-order chi connectivity index (χ0) is 13.7. The van der Waals surface area contributed by atoms with E-state index in [-0.39, 0.29) is 12.5 Å². The number of carbonyl (C=O) groups is 1. The highest BCUT2D eigenvalue weighted by atomic mass is 16.5. The summed E-state index contributed by atoms with van der Waals surface area (Å²) in [6.45, 7) is 4.19. The molecule has 4 nitrogen and oxygen atoms in total. The Morgan fingerprint density at radius 1 is 1.42 bits per heavy atom. The van der Waals surface area contributed by atoms with Crippen LogP contribution in [0.25, 0.3) is 0 Å². The molecular formula is C15H22N2O2. The first kappa shape index (κ1) is 13.9. The number of piperidine rings is 1. The fourth-order valence-corrected chi connectivity index (χ4v) is 2.28. The van der Waals surface area contributed by atoms with Gasteiger partial charge < -0.3 is 15.0 Å². The largest absolute Gasteiger partial charge is 0.484 e. The molecule has 0 bridgehead atoms. The Hall–Kier alpha value is -1.55. The first-order valence-corrected chi connectivity index (χ1v) is 6.81. The fourth-order valence-electron chi connectivity index (χ4n) is 2.28. The Kier molecular flexibility index (Phi) is 4.80. The van der Waals surface area contributed by atoms with Crippen LogP contribution in [-0.4, -0.2) is 43.6 Å². The van der Waals surface area contributed by atoms with Gasteiger partial charge in [0.05, 0.1) is 0 Å². The van der Waals surface area contributed by atoms with Crippen LogP contribution < -0.4 is 10.1 Å². The van der Waals surface area contributed by atoms with E-state index in [1.807, 2.05) is 31.2 Å². The summed E-state index contributed by atoms with van der Waals surface area (Å²) in [7, 11) is 2.11. The summed E-state index contributed by atoms with van der Waals surface area (Å²) in [6, 6.07) is 8.04. The van der Waals surface area contributed by atoms with E-state index in [1.54, 1.807) is 0 Å². The Bertz CT molecular complexity index is 426. The highest BCUT2D eigenvalue weighted by molar-refractivity contribution is 5.77. The molecular weight excluding hydrogens is 240 g/mol. The van der Waals surface area contributed by atoms with Gasteiger partial charge in [0.15, 0.2) is 6.61 Å². The average molecular weight is 262 g/mol. The van der Waals surface area contributed by atoms with Gasteiger partial charge in [0.2, 0.25) is 0 Å². The van der Waals surface area contributed by atoms with Crippen molar-refractivity contribution in [1.82, 2.24) is 10.2 Å². The van der Waals surface area contributed by atoms with E-state index in [2.05, 4.69) is 17.3 Å². The minimum absolute atomic E-state index is 0.0314. The molecule has 104 valence electrons. The number of nitrogens with one attached hydrogen (secondary N) is 1. The topological polar surface area (TPSA) is 41.6 Å². The molecule has 1 aromatic rings. The Morgan fingerprint density at radius 3 is 2.84 bits per heavy atom. The molecule has 4 heteroatoms. The second kappa shape index (κ2) is 6.57. The summed E-state index contributed by atoms with van der Waals surface area (Å²) >= 11 is 0. The van der Waals surface area contributed by atoms with Crippen molar-refractivity contribution in [3.05, 3.63) is 29.8 Å². The number of aryl methyl sites for hydroxylation is 1. The van der Waals surface area contributed by atoms with Crippen molar-refractivity contribution < 1.29 is 9.53 Å². The molecule has 0 radical (unpaired) electrons. The van der Waals surface area contributed by atoms with Crippen LogP contribution in [0.5, 0.6) is 5.75 Å². The molecule has 1 heterocycles. The maximum Gasteiger partial charge on any atom is 0.258 e. The van der Waals surface area contributed by atoms with Gasteiger partial charge in [-0.05, 0) is 57.6 Å². The molecule has 1 fully saturated rings. The number of likely N-dealkylation sites (tertiary alicyclic amines) is 1. The summed E-state index contributed by atoms with van der Waals surface area (Å²) in [4.78, 5) is 14.1. The number of hydrogen-bond donors (Lipinski definition) is 1. The quantitative estimate of drug-likeness (QED) is 0.896. The molecule has 0 atom stereocenters. The second-order valence-electron chi connectivity index (χ2n) is 5.25. The molecule has 2 rings (SSSR count). The van der Waals surface area contributed by atoms with E-state index in [9.17, 15) is 4.79 Å². The number of amides is 1. The van der Waals surface area contributed by atoms with Crippen LogP contribution in [0.3, 0.4) is 0 Å². The van der Waals surface area contributed by atoms with Gasteiger partial charge in [-0.15, -0.1) is 0 Å². The maximum absolute atomic E-state index is 11.8. The summed E-state index contributed by atoms with van der Waals surface area (Å²) < 4.78 is 5.49. The summed E-state index contributed by atoms with van der Waals surface area (Å²) in [5, 5.41) is 3.03. The van der Waals surface area contributed by atoms with E-state index in [4.69, 9.17) is 4.74 Å². The number of carbonyl (C=O) groups excluding carboxylic acids is 1. The van der Waals surface area contributed by atoms with Gasteiger partial charge >= 0.3 is 0 Å². The van der Waals surface area contributed by atoms with Gasteiger partial charge in [0.25, 0.3) is 5.91 Å². The molecule has 1 aromatic carbocycles. The SMILES string of the molecule is Cc1cccc(OCC(=O)NC2CCN(C)CC2)c1. The number of hydrogen-bond acceptors (Lipinski definition) is 3. The van der Waals surface area contributed by atoms with Crippen molar-refractivity contribution in [3.63, 3.8) is 0 Å². The average Bonchev–Trinajstić information content (AvgIpc) is 2.39. The molecule has 1 amide bonds. The molecule has 1 aliphatic heterocycles. The van der Waals surface area contributed by atoms with Crippen molar-refractivity contribution in [1.29, 1.82) is 0 Å². The third-order valence-corrected chi connectivity index (χ3v) is 3.44. The molecule has 1 saturated heterocycles. The lowest BCUT2D eigenvalue weighted by Gasteiger charge is -2.29. The van der Waals surface area contributed by atoms with Crippen molar-refractivity contribution in [2.75, 3.05) is 26.7 Å². The summed E-state index contributed by atoms with van der Waals surface area (Å²) in [5.41, 5.74) is 1.13. The predicted octanol–water partition coefficient (Wildman–Crippen LogP) is 1.58. The van der Waals surface area contributed by atoms with Crippen LogP contribution in [0.1, 0.15) is 18.4 Å². The van der Waals surface area contributed by atoms with Crippen molar-refractivity contribution in [2.45, 2.75) is 25.8 Å². The van der Waals surface area contributed by atoms with Gasteiger partial charge in [-0.1, -0.05) is 12.1 Å². The predicted molar refractivity (Wildman–Crippen MR) is 75.3 cm³/mol. The second-order valence-corrected chi connectivity index (χ2v) is 5.25. The van der Waals surface area contributed by atoms with Crippen LogP contribution >= 0.6 is 0 Å². The third-order valence-electron chi connectivity index (χ3n) is 3.44. The van der Waals surface area contributed by atoms with Crippen molar-refractivity contribution in [2.24, 2.45) is 0 Å². The minimum atomic E-state index is -0.0314. The van der Waals surface area contributed by atoms with E-state index in [1.165, 1.54) is 0 Å². The number of benzene rings is 1. The van der Waals surface area contributed by atoms with E-state index < -0.39 is 0 Å². The van der Waals surface area contributed by atoms with E-state index in [0.717, 1.165) is 37.2 Å². The maximum atomic E-state index is 11.8. The van der Waals surface area contributed by atoms with Gasteiger partial charge in [0.1, 0.15) is 5.75 Å². The molecule has 0 aromatic heterocycles. The van der Waals surface area contributed by atoms with Gasteiger partial charge in [-0.2, -0.15) is 0 Å². The van der Waals surface area contributed by atoms with Gasteiger partial charge in [-0.25, -0.2) is 0 Å². The third kappa shape index (κ3) is 4.56. The number of rotatable bonds is 4. The van der Waals surface area contributed by atoms with Crippen LogP contribution in [0.4, 0.5) is 0 Å². The lowest BCUT2D eigenvalue weighted by Crippen LogP contribution is -2.44. The van der Waals surface area contributed by atoms with E-state index >= 15 is 0 Å².